The number of sulfone groups is 1. The Hall–Kier alpha value is -3.08. The normalized spacial score (nSPS) is 19.5. The van der Waals surface area contributed by atoms with Crippen LogP contribution in [0.2, 0.25) is 5.02 Å². The van der Waals surface area contributed by atoms with Crippen molar-refractivity contribution >= 4 is 33.0 Å². The molecule has 1 saturated carbocycles. The van der Waals surface area contributed by atoms with Crippen molar-refractivity contribution in [2.75, 3.05) is 19.0 Å². The van der Waals surface area contributed by atoms with Crippen molar-refractivity contribution in [2.45, 2.75) is 49.9 Å². The van der Waals surface area contributed by atoms with Gasteiger partial charge >= 0.3 is 0 Å². The second-order valence-electron chi connectivity index (χ2n) is 10.9. The molecule has 0 aliphatic heterocycles. The van der Waals surface area contributed by atoms with Gasteiger partial charge in [0.1, 0.15) is 5.75 Å². The number of methoxy groups -OCH3 is 1. The minimum absolute atomic E-state index is 0.0286. The third-order valence-electron chi connectivity index (χ3n) is 7.65. The molecule has 0 aromatic heterocycles. The van der Waals surface area contributed by atoms with Crippen LogP contribution in [0.4, 0.5) is 18.9 Å². The second kappa shape index (κ2) is 13.5. The summed E-state index contributed by atoms with van der Waals surface area (Å²) in [5.41, 5.74) is 0.611. The summed E-state index contributed by atoms with van der Waals surface area (Å²) in [4.78, 5) is 12.7. The van der Waals surface area contributed by atoms with Crippen LogP contribution < -0.4 is 10.1 Å². The fraction of sp³-hybridized carbons (Fsp3) is 0.387. The highest BCUT2D eigenvalue weighted by Crippen LogP contribution is 2.43. The lowest BCUT2D eigenvalue weighted by Gasteiger charge is -2.26. The summed E-state index contributed by atoms with van der Waals surface area (Å²) in [6, 6.07) is 12.6. The topological polar surface area (TPSA) is 81.7 Å². The van der Waals surface area contributed by atoms with Crippen molar-refractivity contribution in [3.05, 3.63) is 88.2 Å². The molecule has 0 radical (unpaired) electrons. The number of rotatable bonds is 11. The Morgan fingerprint density at radius 1 is 1.05 bits per heavy atom. The van der Waals surface area contributed by atoms with E-state index in [9.17, 15) is 26.4 Å². The van der Waals surface area contributed by atoms with Crippen molar-refractivity contribution < 1.29 is 35.9 Å². The largest absolute Gasteiger partial charge is 0.497 e. The minimum Gasteiger partial charge on any atom is -0.497 e. The van der Waals surface area contributed by atoms with Crippen LogP contribution in [-0.4, -0.2) is 33.3 Å². The first-order valence-electron chi connectivity index (χ1n) is 13.6. The molecule has 42 heavy (non-hydrogen) atoms. The zero-order valence-electron chi connectivity index (χ0n) is 23.5. The van der Waals surface area contributed by atoms with Crippen LogP contribution >= 0.6 is 11.6 Å². The van der Waals surface area contributed by atoms with E-state index in [0.717, 1.165) is 24.2 Å². The van der Waals surface area contributed by atoms with Gasteiger partial charge in [-0.3, -0.25) is 4.79 Å². The third-order valence-corrected chi connectivity index (χ3v) is 10.6. The summed E-state index contributed by atoms with van der Waals surface area (Å²) >= 11 is 6.35. The summed E-state index contributed by atoms with van der Waals surface area (Å²) in [5, 5.41) is 1.53. The Labute approximate surface area is 249 Å². The molecule has 1 N–H and O–H groups in total. The van der Waals surface area contributed by atoms with Crippen LogP contribution in [0.3, 0.4) is 0 Å². The van der Waals surface area contributed by atoms with Gasteiger partial charge in [-0.2, -0.15) is 0 Å². The van der Waals surface area contributed by atoms with Gasteiger partial charge in [0.2, 0.25) is 0 Å². The third kappa shape index (κ3) is 7.27. The van der Waals surface area contributed by atoms with Gasteiger partial charge in [-0.15, -0.1) is 0 Å². The lowest BCUT2D eigenvalue weighted by molar-refractivity contribution is 0.0841. The van der Waals surface area contributed by atoms with Crippen molar-refractivity contribution in [1.29, 1.82) is 0 Å². The maximum absolute atomic E-state index is 14.0. The molecule has 0 spiro atoms. The van der Waals surface area contributed by atoms with E-state index >= 15 is 0 Å². The molecular weight excluding hydrogens is 591 g/mol. The Balaban J connectivity index is 1.46. The number of amides is 1. The molecule has 226 valence electrons. The monoisotopic (exact) mass is 623 g/mol. The molecule has 0 bridgehead atoms. The highest BCUT2D eigenvalue weighted by Gasteiger charge is 2.44. The smallest absolute Gasteiger partial charge is 0.255 e. The molecule has 3 aromatic rings. The van der Waals surface area contributed by atoms with E-state index in [0.29, 0.717) is 31.8 Å². The fourth-order valence-corrected chi connectivity index (χ4v) is 8.47. The number of carbonyl (C=O) groups excluding carboxylic acids is 1. The number of benzene rings is 3. The lowest BCUT2D eigenvalue weighted by atomic mass is 9.94. The maximum atomic E-state index is 14.0. The number of hydrogen-bond donors (Lipinski definition) is 1. The highest BCUT2D eigenvalue weighted by molar-refractivity contribution is 7.92. The standard InChI is InChI=1S/C31H33ClF3NO5S/c1-18(16-41-17-20-5-9-24(40-3)10-6-20)12-21-7-4-19(2)30(21)42(38,39)28-13-22(8-11-25(28)32)31(37)36-23-14-26(33)29(35)27(34)15-23/h5-6,8-11,13-15,18-19,21,30H,4,7,12,16-17H2,1-3H3,(H,36,37)/t18-,19?,21+,30?/m1/s1. The summed E-state index contributed by atoms with van der Waals surface area (Å²) in [6.45, 7) is 4.82. The molecule has 1 aliphatic carbocycles. The zero-order chi connectivity index (χ0) is 30.6. The van der Waals surface area contributed by atoms with Gasteiger partial charge in [-0.05, 0) is 72.9 Å². The molecule has 1 fully saturated rings. The van der Waals surface area contributed by atoms with Crippen LogP contribution in [0.25, 0.3) is 0 Å². The number of nitrogens with one attached hydrogen (secondary N) is 1. The van der Waals surface area contributed by atoms with Crippen LogP contribution in [-0.2, 0) is 21.2 Å². The first kappa shape index (κ1) is 31.8. The molecule has 6 nitrogen and oxygen atoms in total. The average molecular weight is 624 g/mol. The highest BCUT2D eigenvalue weighted by atomic mass is 35.5. The molecular formula is C31H33ClF3NO5S. The van der Waals surface area contributed by atoms with Gasteiger partial charge in [0.15, 0.2) is 27.3 Å². The first-order valence-corrected chi connectivity index (χ1v) is 15.5. The van der Waals surface area contributed by atoms with Crippen molar-refractivity contribution in [3.63, 3.8) is 0 Å². The van der Waals surface area contributed by atoms with E-state index in [4.69, 9.17) is 21.1 Å². The fourth-order valence-electron chi connectivity index (χ4n) is 5.61. The number of ether oxygens (including phenoxy) is 2. The quantitative estimate of drug-likeness (QED) is 0.224. The van der Waals surface area contributed by atoms with Crippen molar-refractivity contribution in [2.24, 2.45) is 17.8 Å². The number of anilines is 1. The number of hydrogen-bond acceptors (Lipinski definition) is 5. The van der Waals surface area contributed by atoms with E-state index < -0.39 is 38.4 Å². The van der Waals surface area contributed by atoms with Gasteiger partial charge in [0, 0.05) is 30.0 Å². The van der Waals surface area contributed by atoms with Crippen molar-refractivity contribution in [1.82, 2.24) is 0 Å². The van der Waals surface area contributed by atoms with Gasteiger partial charge in [0.05, 0.1) is 28.9 Å². The van der Waals surface area contributed by atoms with Crippen molar-refractivity contribution in [3.8, 4) is 5.75 Å². The summed E-state index contributed by atoms with van der Waals surface area (Å²) < 4.78 is 79.5. The molecule has 4 atom stereocenters. The molecule has 2 unspecified atom stereocenters. The van der Waals surface area contributed by atoms with Gasteiger partial charge < -0.3 is 14.8 Å². The Bertz CT molecular complexity index is 1510. The molecule has 0 saturated heterocycles. The van der Waals surface area contributed by atoms with Crippen LogP contribution in [0.5, 0.6) is 5.75 Å². The predicted octanol–water partition coefficient (Wildman–Crippen LogP) is 7.45. The molecule has 11 heteroatoms. The van der Waals surface area contributed by atoms with E-state index in [2.05, 4.69) is 5.32 Å². The Morgan fingerprint density at radius 3 is 2.36 bits per heavy atom. The molecule has 4 rings (SSSR count). The molecule has 0 heterocycles. The average Bonchev–Trinajstić information content (AvgIpc) is 3.32. The summed E-state index contributed by atoms with van der Waals surface area (Å²) in [5.74, 6) is -4.83. The lowest BCUT2D eigenvalue weighted by Crippen LogP contribution is -2.32. The summed E-state index contributed by atoms with van der Waals surface area (Å²) in [6.07, 6.45) is 2.09. The second-order valence-corrected chi connectivity index (χ2v) is 13.4. The zero-order valence-corrected chi connectivity index (χ0v) is 25.1. The van der Waals surface area contributed by atoms with E-state index in [-0.39, 0.29) is 38.9 Å². The Kier molecular flexibility index (Phi) is 10.2. The van der Waals surface area contributed by atoms with Crippen LogP contribution in [0.1, 0.15) is 49.0 Å². The van der Waals surface area contributed by atoms with Gasteiger partial charge in [-0.1, -0.05) is 37.6 Å². The maximum Gasteiger partial charge on any atom is 0.255 e. The molecule has 3 aromatic carbocycles. The number of carbonyl (C=O) groups is 1. The Morgan fingerprint density at radius 2 is 1.71 bits per heavy atom. The van der Waals surface area contributed by atoms with Gasteiger partial charge in [-0.25, -0.2) is 21.6 Å². The summed E-state index contributed by atoms with van der Waals surface area (Å²) in [7, 11) is -2.36. The van der Waals surface area contributed by atoms with Gasteiger partial charge in [0.25, 0.3) is 5.91 Å². The minimum atomic E-state index is -3.97. The van der Waals surface area contributed by atoms with Crippen LogP contribution in [0.15, 0.2) is 59.5 Å². The van der Waals surface area contributed by atoms with E-state index in [1.54, 1.807) is 7.11 Å². The van der Waals surface area contributed by atoms with E-state index in [1.165, 1.54) is 18.2 Å². The van der Waals surface area contributed by atoms with E-state index in [1.807, 2.05) is 38.1 Å². The molecule has 1 aliphatic rings. The predicted molar refractivity (Wildman–Crippen MR) is 155 cm³/mol. The molecule has 1 amide bonds. The number of halogens is 4. The SMILES string of the molecule is COc1ccc(COC[C@H](C)C[C@@H]2CCC(C)C2S(=O)(=O)c2cc(C(=O)Nc3cc(F)c(F)c(F)c3)ccc2Cl)cc1. The van der Waals surface area contributed by atoms with Crippen LogP contribution in [0, 0.1) is 35.2 Å². The first-order chi connectivity index (χ1) is 19.9.